The van der Waals surface area contributed by atoms with Crippen LogP contribution in [0.2, 0.25) is 10.0 Å². The molecule has 1 heterocycles. The molecule has 4 heteroatoms. The molecular weight excluding hydrogens is 245 g/mol. The number of nitrogens with zero attached hydrogens (tertiary/aromatic N) is 1. The molecule has 0 unspecified atom stereocenters. The third kappa shape index (κ3) is 2.29. The smallest absolute Gasteiger partial charge is 0.126 e. The summed E-state index contributed by atoms with van der Waals surface area (Å²) in [5, 5.41) is 1.23. The van der Waals surface area contributed by atoms with Crippen LogP contribution in [0.15, 0.2) is 36.7 Å². The number of pyridine rings is 1. The summed E-state index contributed by atoms with van der Waals surface area (Å²) in [6.07, 6.45) is 3.31. The molecule has 0 saturated heterocycles. The third-order valence-corrected chi connectivity index (χ3v) is 2.62. The predicted molar refractivity (Wildman–Crippen MR) is 66.2 cm³/mol. The summed E-state index contributed by atoms with van der Waals surface area (Å²) in [4.78, 5) is 4.04. The number of benzene rings is 1. The SMILES string of the molecule is COc1ccc(Cl)cc1-c1cncc(Cl)c1. The zero-order valence-corrected chi connectivity index (χ0v) is 10.1. The van der Waals surface area contributed by atoms with Gasteiger partial charge >= 0.3 is 0 Å². The van der Waals surface area contributed by atoms with Crippen molar-refractivity contribution in [1.82, 2.24) is 4.98 Å². The molecule has 1 aromatic carbocycles. The number of ether oxygens (including phenoxy) is 1. The molecule has 0 saturated carbocycles. The van der Waals surface area contributed by atoms with E-state index >= 15 is 0 Å². The van der Waals surface area contributed by atoms with Crippen LogP contribution in [-0.2, 0) is 0 Å². The van der Waals surface area contributed by atoms with Crippen molar-refractivity contribution >= 4 is 23.2 Å². The van der Waals surface area contributed by atoms with Gasteiger partial charge in [-0.1, -0.05) is 23.2 Å². The van der Waals surface area contributed by atoms with Gasteiger partial charge in [-0.15, -0.1) is 0 Å². The molecule has 0 atom stereocenters. The summed E-state index contributed by atoms with van der Waals surface area (Å²) in [5.41, 5.74) is 1.76. The largest absolute Gasteiger partial charge is 0.496 e. The average molecular weight is 254 g/mol. The first-order chi connectivity index (χ1) is 7.70. The molecule has 16 heavy (non-hydrogen) atoms. The predicted octanol–water partition coefficient (Wildman–Crippen LogP) is 4.06. The number of rotatable bonds is 2. The molecule has 0 fully saturated rings. The standard InChI is InChI=1S/C12H9Cl2NO/c1-16-12-3-2-9(13)5-11(12)8-4-10(14)7-15-6-8/h2-7H,1H3. The van der Waals surface area contributed by atoms with Crippen molar-refractivity contribution in [3.63, 3.8) is 0 Å². The molecule has 0 amide bonds. The van der Waals surface area contributed by atoms with Crippen molar-refractivity contribution in [1.29, 1.82) is 0 Å². The lowest BCUT2D eigenvalue weighted by Gasteiger charge is -2.08. The molecule has 0 N–H and O–H groups in total. The molecule has 2 aromatic rings. The molecule has 0 spiro atoms. The second-order valence-corrected chi connectivity index (χ2v) is 4.11. The second kappa shape index (κ2) is 4.73. The van der Waals surface area contributed by atoms with Crippen LogP contribution >= 0.6 is 23.2 Å². The van der Waals surface area contributed by atoms with Crippen LogP contribution in [-0.4, -0.2) is 12.1 Å². The van der Waals surface area contributed by atoms with E-state index in [1.54, 1.807) is 25.6 Å². The third-order valence-electron chi connectivity index (χ3n) is 2.18. The van der Waals surface area contributed by atoms with Crippen LogP contribution in [0.3, 0.4) is 0 Å². The van der Waals surface area contributed by atoms with E-state index in [1.807, 2.05) is 18.2 Å². The molecule has 0 aliphatic rings. The summed E-state index contributed by atoms with van der Waals surface area (Å²) in [6, 6.07) is 7.25. The molecular formula is C12H9Cl2NO. The Morgan fingerprint density at radius 1 is 1.06 bits per heavy atom. The van der Waals surface area contributed by atoms with Gasteiger partial charge in [0, 0.05) is 28.5 Å². The lowest BCUT2D eigenvalue weighted by molar-refractivity contribution is 0.416. The molecule has 0 aliphatic carbocycles. The van der Waals surface area contributed by atoms with Gasteiger partial charge in [-0.05, 0) is 24.3 Å². The van der Waals surface area contributed by atoms with Crippen LogP contribution in [0.4, 0.5) is 0 Å². The maximum absolute atomic E-state index is 5.95. The van der Waals surface area contributed by atoms with Gasteiger partial charge in [0.25, 0.3) is 0 Å². The normalized spacial score (nSPS) is 10.2. The second-order valence-electron chi connectivity index (χ2n) is 3.24. The Morgan fingerprint density at radius 3 is 2.56 bits per heavy atom. The maximum atomic E-state index is 5.95. The number of hydrogen-bond donors (Lipinski definition) is 0. The van der Waals surface area contributed by atoms with Crippen LogP contribution in [0, 0.1) is 0 Å². The Labute approximate surface area is 104 Å². The van der Waals surface area contributed by atoms with Crippen LogP contribution in [0.1, 0.15) is 0 Å². The Bertz CT molecular complexity index is 514. The van der Waals surface area contributed by atoms with Gasteiger partial charge in [0.15, 0.2) is 0 Å². The van der Waals surface area contributed by atoms with E-state index in [1.165, 1.54) is 0 Å². The zero-order valence-electron chi connectivity index (χ0n) is 8.58. The minimum atomic E-state index is 0.583. The minimum absolute atomic E-state index is 0.583. The molecule has 0 aliphatic heterocycles. The number of halogens is 2. The Hall–Kier alpha value is -1.25. The Balaban J connectivity index is 2.58. The van der Waals surface area contributed by atoms with Crippen molar-refractivity contribution in [3.05, 3.63) is 46.7 Å². The van der Waals surface area contributed by atoms with Gasteiger partial charge < -0.3 is 4.74 Å². The van der Waals surface area contributed by atoms with Gasteiger partial charge in [0.2, 0.25) is 0 Å². The first-order valence-electron chi connectivity index (χ1n) is 4.65. The summed E-state index contributed by atoms with van der Waals surface area (Å²) >= 11 is 11.8. The monoisotopic (exact) mass is 253 g/mol. The Kier molecular flexibility index (Phi) is 3.32. The zero-order chi connectivity index (χ0) is 11.5. The maximum Gasteiger partial charge on any atom is 0.126 e. The molecule has 0 bridgehead atoms. The number of aromatic nitrogens is 1. The lowest BCUT2D eigenvalue weighted by atomic mass is 10.1. The summed E-state index contributed by atoms with van der Waals surface area (Å²) in [6.45, 7) is 0. The highest BCUT2D eigenvalue weighted by atomic mass is 35.5. The van der Waals surface area contributed by atoms with E-state index in [2.05, 4.69) is 4.98 Å². The van der Waals surface area contributed by atoms with Crippen LogP contribution < -0.4 is 4.74 Å². The quantitative estimate of drug-likeness (QED) is 0.806. The van der Waals surface area contributed by atoms with Crippen molar-refractivity contribution < 1.29 is 4.74 Å². The fourth-order valence-electron chi connectivity index (χ4n) is 1.46. The van der Waals surface area contributed by atoms with E-state index < -0.39 is 0 Å². The van der Waals surface area contributed by atoms with Crippen LogP contribution in [0.5, 0.6) is 5.75 Å². The first kappa shape index (κ1) is 11.2. The summed E-state index contributed by atoms with van der Waals surface area (Å²) in [5.74, 6) is 0.744. The fraction of sp³-hybridized carbons (Fsp3) is 0.0833. The highest BCUT2D eigenvalue weighted by Crippen LogP contribution is 2.32. The molecule has 0 radical (unpaired) electrons. The van der Waals surface area contributed by atoms with Gasteiger partial charge in [0.05, 0.1) is 12.1 Å². The minimum Gasteiger partial charge on any atom is -0.496 e. The Morgan fingerprint density at radius 2 is 1.88 bits per heavy atom. The van der Waals surface area contributed by atoms with E-state index in [0.717, 1.165) is 16.9 Å². The van der Waals surface area contributed by atoms with Crippen molar-refractivity contribution in [3.8, 4) is 16.9 Å². The highest BCUT2D eigenvalue weighted by Gasteiger charge is 2.07. The summed E-state index contributed by atoms with van der Waals surface area (Å²) < 4.78 is 5.27. The van der Waals surface area contributed by atoms with Gasteiger partial charge in [-0.3, -0.25) is 4.98 Å². The lowest BCUT2D eigenvalue weighted by Crippen LogP contribution is -1.88. The highest BCUT2D eigenvalue weighted by molar-refractivity contribution is 6.31. The number of methoxy groups -OCH3 is 1. The molecule has 2 nitrogen and oxygen atoms in total. The van der Waals surface area contributed by atoms with Crippen LogP contribution in [0.25, 0.3) is 11.1 Å². The van der Waals surface area contributed by atoms with Crippen molar-refractivity contribution in [2.45, 2.75) is 0 Å². The molecule has 82 valence electrons. The van der Waals surface area contributed by atoms with E-state index in [-0.39, 0.29) is 0 Å². The van der Waals surface area contributed by atoms with E-state index in [4.69, 9.17) is 27.9 Å². The molecule has 1 aromatic heterocycles. The topological polar surface area (TPSA) is 22.1 Å². The van der Waals surface area contributed by atoms with E-state index in [9.17, 15) is 0 Å². The van der Waals surface area contributed by atoms with Crippen molar-refractivity contribution in [2.75, 3.05) is 7.11 Å². The first-order valence-corrected chi connectivity index (χ1v) is 5.41. The van der Waals surface area contributed by atoms with Gasteiger partial charge in [0.1, 0.15) is 5.75 Å². The van der Waals surface area contributed by atoms with Gasteiger partial charge in [-0.25, -0.2) is 0 Å². The summed E-state index contributed by atoms with van der Waals surface area (Å²) in [7, 11) is 1.62. The van der Waals surface area contributed by atoms with E-state index in [0.29, 0.717) is 10.0 Å². The fourth-order valence-corrected chi connectivity index (χ4v) is 1.81. The van der Waals surface area contributed by atoms with Crippen molar-refractivity contribution in [2.24, 2.45) is 0 Å². The molecule has 2 rings (SSSR count). The average Bonchev–Trinajstić information content (AvgIpc) is 2.29. The van der Waals surface area contributed by atoms with Gasteiger partial charge in [-0.2, -0.15) is 0 Å². The number of hydrogen-bond acceptors (Lipinski definition) is 2.